The first-order valence-electron chi connectivity index (χ1n) is 14.0. The van der Waals surface area contributed by atoms with E-state index in [-0.39, 0.29) is 0 Å². The highest BCUT2D eigenvalue weighted by atomic mass is 16.3. The van der Waals surface area contributed by atoms with Crippen LogP contribution in [-0.4, -0.2) is 24.9 Å². The monoisotopic (exact) mass is 553 g/mol. The molecule has 0 saturated carbocycles. The van der Waals surface area contributed by atoms with Crippen LogP contribution in [0.15, 0.2) is 144 Å². The van der Waals surface area contributed by atoms with E-state index in [1.54, 1.807) is 6.20 Å². The van der Waals surface area contributed by atoms with Crippen molar-refractivity contribution in [3.8, 4) is 56.5 Å². The quantitative estimate of drug-likeness (QED) is 0.212. The van der Waals surface area contributed by atoms with Gasteiger partial charge in [-0.3, -0.25) is 9.97 Å². The summed E-state index contributed by atoms with van der Waals surface area (Å²) in [5, 5.41) is 1.99. The second kappa shape index (κ2) is 10.4. The van der Waals surface area contributed by atoms with Crippen LogP contribution in [0.4, 0.5) is 0 Å². The van der Waals surface area contributed by atoms with Crippen molar-refractivity contribution in [3.63, 3.8) is 0 Å². The Labute approximate surface area is 247 Å². The van der Waals surface area contributed by atoms with Gasteiger partial charge in [-0.15, -0.1) is 0 Å². The van der Waals surface area contributed by atoms with Crippen molar-refractivity contribution in [3.05, 3.63) is 140 Å². The zero-order valence-corrected chi connectivity index (χ0v) is 22.9. The summed E-state index contributed by atoms with van der Waals surface area (Å²) in [5.74, 6) is 1.91. The van der Waals surface area contributed by atoms with E-state index in [2.05, 4.69) is 46.4 Å². The minimum absolute atomic E-state index is 0.626. The highest BCUT2D eigenvalue weighted by Crippen LogP contribution is 2.35. The Kier molecular flexibility index (Phi) is 6.01. The van der Waals surface area contributed by atoms with Gasteiger partial charge in [0.2, 0.25) is 0 Å². The number of nitrogens with zero attached hydrogens (tertiary/aromatic N) is 5. The predicted octanol–water partition coefficient (Wildman–Crippen LogP) is 8.90. The Morgan fingerprint density at radius 2 is 1.05 bits per heavy atom. The molecule has 8 aromatic rings. The number of hydrogen-bond donors (Lipinski definition) is 0. The first kappa shape index (κ1) is 24.8. The Balaban J connectivity index is 1.18. The van der Waals surface area contributed by atoms with Crippen molar-refractivity contribution in [1.82, 2.24) is 24.9 Å². The molecule has 0 atom stereocenters. The normalized spacial score (nSPS) is 11.3. The average molecular weight is 554 g/mol. The van der Waals surface area contributed by atoms with Crippen LogP contribution in [0, 0.1) is 0 Å². The Hall–Kier alpha value is -6.01. The lowest BCUT2D eigenvalue weighted by Gasteiger charge is -2.10. The molecule has 202 valence electrons. The molecule has 0 N–H and O–H groups in total. The maximum atomic E-state index is 6.18. The summed E-state index contributed by atoms with van der Waals surface area (Å²) < 4.78 is 6.18. The summed E-state index contributed by atoms with van der Waals surface area (Å²) in [5.41, 5.74) is 8.30. The van der Waals surface area contributed by atoms with Gasteiger partial charge in [0, 0.05) is 51.6 Å². The van der Waals surface area contributed by atoms with Crippen molar-refractivity contribution < 1.29 is 4.42 Å². The van der Waals surface area contributed by atoms with Crippen molar-refractivity contribution in [1.29, 1.82) is 0 Å². The molecule has 0 aliphatic carbocycles. The van der Waals surface area contributed by atoms with Crippen LogP contribution >= 0.6 is 0 Å². The molecule has 4 aromatic carbocycles. The van der Waals surface area contributed by atoms with Crippen LogP contribution in [0.5, 0.6) is 0 Å². The second-order valence-electron chi connectivity index (χ2n) is 10.2. The predicted molar refractivity (Wildman–Crippen MR) is 170 cm³/mol. The summed E-state index contributed by atoms with van der Waals surface area (Å²) in [6.45, 7) is 0. The average Bonchev–Trinajstić information content (AvgIpc) is 3.48. The van der Waals surface area contributed by atoms with Crippen LogP contribution < -0.4 is 0 Å². The maximum Gasteiger partial charge on any atom is 0.164 e. The van der Waals surface area contributed by atoms with Crippen LogP contribution in [0.2, 0.25) is 0 Å². The molecule has 0 aliphatic heterocycles. The summed E-state index contributed by atoms with van der Waals surface area (Å²) in [7, 11) is 0. The van der Waals surface area contributed by atoms with Gasteiger partial charge in [-0.1, -0.05) is 103 Å². The third-order valence-electron chi connectivity index (χ3n) is 7.50. The number of aromatic nitrogens is 5. The van der Waals surface area contributed by atoms with Crippen molar-refractivity contribution >= 4 is 21.9 Å². The summed E-state index contributed by atoms with van der Waals surface area (Å²) in [6, 6.07) is 40.6. The molecule has 6 heteroatoms. The molecule has 0 amide bonds. The van der Waals surface area contributed by atoms with E-state index in [1.807, 2.05) is 97.3 Å². The standard InChI is InChI=1S/C37H23N5O/c1-3-8-26(9-4-1)35-40-36(27-10-5-2-6-11-27)42-37(41-35)29-13-7-12-28(22-29)24-14-16-25(17-15-24)33-34-30(18-21-39-33)31-23-38-20-19-32(31)43-34/h1-23H. The van der Waals surface area contributed by atoms with Crippen LogP contribution in [0.3, 0.4) is 0 Å². The molecule has 6 nitrogen and oxygen atoms in total. The molecule has 0 bridgehead atoms. The van der Waals surface area contributed by atoms with Crippen LogP contribution in [-0.2, 0) is 0 Å². The number of furan rings is 1. The molecular weight excluding hydrogens is 530 g/mol. The van der Waals surface area contributed by atoms with Gasteiger partial charge in [-0.25, -0.2) is 15.0 Å². The van der Waals surface area contributed by atoms with Gasteiger partial charge in [-0.05, 0) is 29.3 Å². The van der Waals surface area contributed by atoms with E-state index in [0.717, 1.165) is 61.0 Å². The van der Waals surface area contributed by atoms with Gasteiger partial charge in [0.05, 0.1) is 0 Å². The third kappa shape index (κ3) is 4.61. The molecule has 0 unspecified atom stereocenters. The van der Waals surface area contributed by atoms with Gasteiger partial charge in [-0.2, -0.15) is 0 Å². The first-order chi connectivity index (χ1) is 21.3. The van der Waals surface area contributed by atoms with Crippen molar-refractivity contribution in [2.24, 2.45) is 0 Å². The van der Waals surface area contributed by atoms with Crippen molar-refractivity contribution in [2.45, 2.75) is 0 Å². The van der Waals surface area contributed by atoms with E-state index in [9.17, 15) is 0 Å². The fraction of sp³-hybridized carbons (Fsp3) is 0. The zero-order valence-electron chi connectivity index (χ0n) is 22.9. The lowest BCUT2D eigenvalue weighted by atomic mass is 10.00. The highest BCUT2D eigenvalue weighted by molar-refractivity contribution is 6.08. The summed E-state index contributed by atoms with van der Waals surface area (Å²) in [4.78, 5) is 23.5. The lowest BCUT2D eigenvalue weighted by molar-refractivity contribution is 0.668. The molecule has 8 rings (SSSR count). The lowest BCUT2D eigenvalue weighted by Crippen LogP contribution is -2.00. The Morgan fingerprint density at radius 3 is 1.74 bits per heavy atom. The van der Waals surface area contributed by atoms with Crippen LogP contribution in [0.25, 0.3) is 78.5 Å². The molecule has 0 radical (unpaired) electrons. The van der Waals surface area contributed by atoms with Crippen LogP contribution in [0.1, 0.15) is 0 Å². The number of benzene rings is 4. The van der Waals surface area contributed by atoms with E-state index >= 15 is 0 Å². The van der Waals surface area contributed by atoms with Gasteiger partial charge in [0.1, 0.15) is 11.3 Å². The van der Waals surface area contributed by atoms with Gasteiger partial charge < -0.3 is 4.42 Å². The van der Waals surface area contributed by atoms with E-state index < -0.39 is 0 Å². The summed E-state index contributed by atoms with van der Waals surface area (Å²) in [6.07, 6.45) is 5.39. The Bertz CT molecular complexity index is 2170. The molecular formula is C37H23N5O. The highest BCUT2D eigenvalue weighted by Gasteiger charge is 2.15. The number of pyridine rings is 2. The minimum Gasteiger partial charge on any atom is -0.454 e. The molecule has 0 spiro atoms. The molecule has 43 heavy (non-hydrogen) atoms. The maximum absolute atomic E-state index is 6.18. The molecule has 0 saturated heterocycles. The summed E-state index contributed by atoms with van der Waals surface area (Å²) >= 11 is 0. The number of fused-ring (bicyclic) bond motifs is 3. The fourth-order valence-electron chi connectivity index (χ4n) is 5.35. The van der Waals surface area contributed by atoms with E-state index in [4.69, 9.17) is 19.4 Å². The smallest absolute Gasteiger partial charge is 0.164 e. The van der Waals surface area contributed by atoms with Crippen molar-refractivity contribution in [2.75, 3.05) is 0 Å². The van der Waals surface area contributed by atoms with E-state index in [1.165, 1.54) is 0 Å². The van der Waals surface area contributed by atoms with Gasteiger partial charge in [0.25, 0.3) is 0 Å². The Morgan fingerprint density at radius 1 is 0.442 bits per heavy atom. The molecule has 4 heterocycles. The number of hydrogen-bond acceptors (Lipinski definition) is 6. The largest absolute Gasteiger partial charge is 0.454 e. The first-order valence-corrected chi connectivity index (χ1v) is 14.0. The zero-order chi connectivity index (χ0) is 28.6. The minimum atomic E-state index is 0.626. The number of rotatable bonds is 5. The second-order valence-corrected chi connectivity index (χ2v) is 10.2. The third-order valence-corrected chi connectivity index (χ3v) is 7.50. The molecule has 0 fully saturated rings. The topological polar surface area (TPSA) is 77.6 Å². The van der Waals surface area contributed by atoms with Gasteiger partial charge >= 0.3 is 0 Å². The molecule has 0 aliphatic rings. The van der Waals surface area contributed by atoms with Gasteiger partial charge in [0.15, 0.2) is 23.1 Å². The molecule has 4 aromatic heterocycles. The van der Waals surface area contributed by atoms with E-state index in [0.29, 0.717) is 17.5 Å². The fourth-order valence-corrected chi connectivity index (χ4v) is 5.35. The SMILES string of the molecule is c1ccc(-c2nc(-c3ccccc3)nc(-c3cccc(-c4ccc(-c5nccc6c5oc5ccncc56)cc4)c3)n2)cc1.